The van der Waals surface area contributed by atoms with Crippen LogP contribution in [0, 0.1) is 10.1 Å². The summed E-state index contributed by atoms with van der Waals surface area (Å²) in [6.45, 7) is 1.70. The van der Waals surface area contributed by atoms with Gasteiger partial charge in [0.2, 0.25) is 0 Å². The SMILES string of the molecule is C/C(=N\NC(=O)c1ccccc1[N+](=O)[O-])c1cccc(N)c1. The number of nitrogens with one attached hydrogen (secondary N) is 1. The second-order valence-corrected chi connectivity index (χ2v) is 4.54. The lowest BCUT2D eigenvalue weighted by molar-refractivity contribution is -0.385. The molecule has 7 nitrogen and oxygen atoms in total. The van der Waals surface area contributed by atoms with Crippen molar-refractivity contribution in [2.75, 3.05) is 5.73 Å². The fourth-order valence-electron chi connectivity index (χ4n) is 1.85. The number of hydrazone groups is 1. The predicted octanol–water partition coefficient (Wildman–Crippen LogP) is 2.33. The molecule has 0 saturated heterocycles. The number of amides is 1. The van der Waals surface area contributed by atoms with E-state index in [2.05, 4.69) is 10.5 Å². The molecule has 0 heterocycles. The van der Waals surface area contributed by atoms with Crippen LogP contribution in [-0.4, -0.2) is 16.5 Å². The van der Waals surface area contributed by atoms with E-state index in [4.69, 9.17) is 5.73 Å². The van der Waals surface area contributed by atoms with Crippen LogP contribution in [0.5, 0.6) is 0 Å². The number of rotatable bonds is 4. The normalized spacial score (nSPS) is 11.0. The number of anilines is 1. The number of para-hydroxylation sites is 1. The average molecular weight is 298 g/mol. The first-order valence-electron chi connectivity index (χ1n) is 6.43. The van der Waals surface area contributed by atoms with Crippen LogP contribution in [0.1, 0.15) is 22.8 Å². The van der Waals surface area contributed by atoms with E-state index in [0.29, 0.717) is 11.4 Å². The van der Waals surface area contributed by atoms with E-state index in [9.17, 15) is 14.9 Å². The molecular weight excluding hydrogens is 284 g/mol. The van der Waals surface area contributed by atoms with Crippen molar-refractivity contribution >= 4 is 23.0 Å². The van der Waals surface area contributed by atoms with Crippen molar-refractivity contribution in [3.8, 4) is 0 Å². The van der Waals surface area contributed by atoms with Crippen molar-refractivity contribution in [2.45, 2.75) is 6.92 Å². The number of hydrogen-bond donors (Lipinski definition) is 2. The van der Waals surface area contributed by atoms with Gasteiger partial charge in [0, 0.05) is 11.8 Å². The number of hydrogen-bond acceptors (Lipinski definition) is 5. The minimum Gasteiger partial charge on any atom is -0.399 e. The van der Waals surface area contributed by atoms with Gasteiger partial charge >= 0.3 is 0 Å². The molecule has 2 aromatic carbocycles. The third-order valence-corrected chi connectivity index (χ3v) is 2.97. The van der Waals surface area contributed by atoms with Crippen LogP contribution in [0.4, 0.5) is 11.4 Å². The van der Waals surface area contributed by atoms with Gasteiger partial charge in [-0.3, -0.25) is 14.9 Å². The highest BCUT2D eigenvalue weighted by molar-refractivity contribution is 6.02. The summed E-state index contributed by atoms with van der Waals surface area (Å²) < 4.78 is 0. The summed E-state index contributed by atoms with van der Waals surface area (Å²) in [5, 5.41) is 14.9. The second-order valence-electron chi connectivity index (χ2n) is 4.54. The van der Waals surface area contributed by atoms with Crippen molar-refractivity contribution < 1.29 is 9.72 Å². The van der Waals surface area contributed by atoms with Gasteiger partial charge in [-0.2, -0.15) is 5.10 Å². The maximum atomic E-state index is 12.0. The lowest BCUT2D eigenvalue weighted by Gasteiger charge is -2.04. The molecule has 3 N–H and O–H groups in total. The molecule has 0 aliphatic heterocycles. The molecule has 0 radical (unpaired) electrons. The Bertz CT molecular complexity index is 756. The molecular formula is C15H14N4O3. The van der Waals surface area contributed by atoms with Gasteiger partial charge in [0.05, 0.1) is 10.6 Å². The fraction of sp³-hybridized carbons (Fsp3) is 0.0667. The van der Waals surface area contributed by atoms with Crippen molar-refractivity contribution in [2.24, 2.45) is 5.10 Å². The number of benzene rings is 2. The van der Waals surface area contributed by atoms with E-state index < -0.39 is 10.8 Å². The Kier molecular flexibility index (Phi) is 4.47. The molecule has 112 valence electrons. The summed E-state index contributed by atoms with van der Waals surface area (Å²) in [7, 11) is 0. The van der Waals surface area contributed by atoms with Crippen LogP contribution in [0.15, 0.2) is 53.6 Å². The van der Waals surface area contributed by atoms with E-state index in [1.165, 1.54) is 18.2 Å². The number of nitrogens with zero attached hydrogens (tertiary/aromatic N) is 2. The summed E-state index contributed by atoms with van der Waals surface area (Å²) in [6.07, 6.45) is 0. The molecule has 1 amide bonds. The Morgan fingerprint density at radius 2 is 1.95 bits per heavy atom. The quantitative estimate of drug-likeness (QED) is 0.390. The number of nitrogens with two attached hydrogens (primary N) is 1. The zero-order valence-electron chi connectivity index (χ0n) is 11.8. The predicted molar refractivity (Wildman–Crippen MR) is 83.6 cm³/mol. The van der Waals surface area contributed by atoms with Crippen molar-refractivity contribution in [3.05, 3.63) is 69.8 Å². The highest BCUT2D eigenvalue weighted by atomic mass is 16.6. The zero-order valence-corrected chi connectivity index (χ0v) is 11.8. The molecule has 7 heteroatoms. The lowest BCUT2D eigenvalue weighted by atomic mass is 10.1. The fourth-order valence-corrected chi connectivity index (χ4v) is 1.85. The van der Waals surface area contributed by atoms with E-state index in [-0.39, 0.29) is 11.3 Å². The molecule has 0 unspecified atom stereocenters. The Labute approximate surface area is 126 Å². The molecule has 0 aliphatic rings. The minimum absolute atomic E-state index is 0.0448. The van der Waals surface area contributed by atoms with Crippen LogP contribution in [-0.2, 0) is 0 Å². The zero-order chi connectivity index (χ0) is 16.1. The first-order chi connectivity index (χ1) is 10.5. The molecule has 0 aromatic heterocycles. The van der Waals surface area contributed by atoms with E-state index in [1.54, 1.807) is 37.3 Å². The Balaban J connectivity index is 2.19. The van der Waals surface area contributed by atoms with Crippen LogP contribution >= 0.6 is 0 Å². The van der Waals surface area contributed by atoms with E-state index in [0.717, 1.165) is 5.56 Å². The number of carbonyl (C=O) groups excluding carboxylic acids is 1. The van der Waals surface area contributed by atoms with Gasteiger partial charge in [-0.1, -0.05) is 24.3 Å². The molecule has 0 bridgehead atoms. The monoisotopic (exact) mass is 298 g/mol. The number of nitro benzene ring substituents is 1. The molecule has 22 heavy (non-hydrogen) atoms. The lowest BCUT2D eigenvalue weighted by Crippen LogP contribution is -2.20. The highest BCUT2D eigenvalue weighted by Gasteiger charge is 2.18. The van der Waals surface area contributed by atoms with Gasteiger partial charge in [-0.05, 0) is 30.7 Å². The number of carbonyl (C=O) groups is 1. The largest absolute Gasteiger partial charge is 0.399 e. The molecule has 0 fully saturated rings. The third-order valence-electron chi connectivity index (χ3n) is 2.97. The summed E-state index contributed by atoms with van der Waals surface area (Å²) in [6, 6.07) is 12.7. The first-order valence-corrected chi connectivity index (χ1v) is 6.43. The molecule has 2 rings (SSSR count). The maximum Gasteiger partial charge on any atom is 0.282 e. The molecule has 0 saturated carbocycles. The molecule has 0 atom stereocenters. The Morgan fingerprint density at radius 3 is 2.64 bits per heavy atom. The summed E-state index contributed by atoms with van der Waals surface area (Å²) in [5.41, 5.74) is 9.56. The average Bonchev–Trinajstić information content (AvgIpc) is 2.52. The van der Waals surface area contributed by atoms with Gasteiger partial charge < -0.3 is 5.73 Å². The van der Waals surface area contributed by atoms with Gasteiger partial charge in [0.25, 0.3) is 11.6 Å². The minimum atomic E-state index is -0.643. The first kappa shape index (κ1) is 15.2. The van der Waals surface area contributed by atoms with Crippen molar-refractivity contribution in [1.82, 2.24) is 5.43 Å². The van der Waals surface area contributed by atoms with Gasteiger partial charge in [0.15, 0.2) is 0 Å². The third kappa shape index (κ3) is 3.45. The molecule has 2 aromatic rings. The van der Waals surface area contributed by atoms with Gasteiger partial charge in [0.1, 0.15) is 5.56 Å². The van der Waals surface area contributed by atoms with Crippen molar-refractivity contribution in [1.29, 1.82) is 0 Å². The van der Waals surface area contributed by atoms with Crippen LogP contribution in [0.2, 0.25) is 0 Å². The smallest absolute Gasteiger partial charge is 0.282 e. The maximum absolute atomic E-state index is 12.0. The molecule has 0 aliphatic carbocycles. The van der Waals surface area contributed by atoms with E-state index >= 15 is 0 Å². The van der Waals surface area contributed by atoms with Crippen LogP contribution in [0.3, 0.4) is 0 Å². The Hall–Kier alpha value is -3.22. The summed E-state index contributed by atoms with van der Waals surface area (Å²) in [4.78, 5) is 22.3. The number of nitrogen functional groups attached to an aromatic ring is 1. The van der Waals surface area contributed by atoms with Crippen molar-refractivity contribution in [3.63, 3.8) is 0 Å². The highest BCUT2D eigenvalue weighted by Crippen LogP contribution is 2.17. The van der Waals surface area contributed by atoms with Gasteiger partial charge in [-0.25, -0.2) is 5.43 Å². The Morgan fingerprint density at radius 1 is 1.23 bits per heavy atom. The topological polar surface area (TPSA) is 111 Å². The summed E-state index contributed by atoms with van der Waals surface area (Å²) >= 11 is 0. The summed E-state index contributed by atoms with van der Waals surface area (Å²) in [5.74, 6) is -0.643. The number of nitro groups is 1. The van der Waals surface area contributed by atoms with Crippen LogP contribution in [0.25, 0.3) is 0 Å². The van der Waals surface area contributed by atoms with Gasteiger partial charge in [-0.15, -0.1) is 0 Å². The second kappa shape index (κ2) is 6.49. The van der Waals surface area contributed by atoms with E-state index in [1.807, 2.05) is 0 Å². The van der Waals surface area contributed by atoms with Crippen LogP contribution < -0.4 is 11.2 Å². The molecule has 0 spiro atoms. The standard InChI is InChI=1S/C15H14N4O3/c1-10(11-5-4-6-12(16)9-11)17-18-15(20)13-7-2-3-8-14(13)19(21)22/h2-9H,16H2,1H3,(H,18,20)/b17-10+.